The summed E-state index contributed by atoms with van der Waals surface area (Å²) in [5.74, 6) is 2.04. The van der Waals surface area contributed by atoms with Crippen LogP contribution in [0, 0.1) is 20.8 Å². The van der Waals surface area contributed by atoms with Gasteiger partial charge >= 0.3 is 0 Å². The molecule has 0 unspecified atom stereocenters. The van der Waals surface area contributed by atoms with Gasteiger partial charge in [0.05, 0.1) is 6.42 Å². The van der Waals surface area contributed by atoms with Crippen molar-refractivity contribution in [2.45, 2.75) is 32.9 Å². The monoisotopic (exact) mass is 327 g/mol. The van der Waals surface area contributed by atoms with Crippen LogP contribution in [0.4, 0.5) is 0 Å². The van der Waals surface area contributed by atoms with E-state index in [1.54, 1.807) is 0 Å². The maximum absolute atomic E-state index is 12.0. The smallest absolute Gasteiger partial charge is 0.224 e. The SMILES string of the molecule is Cc1ccc(CC(=O)NCCSCc2ccccc2C)c(C)c1. The summed E-state index contributed by atoms with van der Waals surface area (Å²) in [5, 5.41) is 3.01. The molecule has 3 heteroatoms. The van der Waals surface area contributed by atoms with Gasteiger partial charge in [-0.1, -0.05) is 48.0 Å². The molecule has 1 N–H and O–H groups in total. The molecule has 0 spiro atoms. The lowest BCUT2D eigenvalue weighted by Gasteiger charge is -2.09. The van der Waals surface area contributed by atoms with Gasteiger partial charge in [-0.25, -0.2) is 0 Å². The number of aryl methyl sites for hydroxylation is 3. The van der Waals surface area contributed by atoms with Crippen molar-refractivity contribution in [3.05, 3.63) is 70.3 Å². The molecule has 0 radical (unpaired) electrons. The molecular weight excluding hydrogens is 302 g/mol. The fourth-order valence-electron chi connectivity index (χ4n) is 2.50. The number of carbonyl (C=O) groups excluding carboxylic acids is 1. The van der Waals surface area contributed by atoms with Crippen LogP contribution in [0.3, 0.4) is 0 Å². The van der Waals surface area contributed by atoms with Crippen molar-refractivity contribution in [2.24, 2.45) is 0 Å². The van der Waals surface area contributed by atoms with E-state index in [0.717, 1.165) is 23.6 Å². The van der Waals surface area contributed by atoms with Crippen LogP contribution in [0.1, 0.15) is 27.8 Å². The van der Waals surface area contributed by atoms with E-state index in [1.807, 2.05) is 11.8 Å². The molecule has 0 aliphatic heterocycles. The van der Waals surface area contributed by atoms with Crippen LogP contribution in [-0.4, -0.2) is 18.2 Å². The van der Waals surface area contributed by atoms with Crippen molar-refractivity contribution < 1.29 is 4.79 Å². The normalized spacial score (nSPS) is 10.6. The molecular formula is C20H25NOS. The molecule has 0 saturated heterocycles. The van der Waals surface area contributed by atoms with Crippen LogP contribution < -0.4 is 5.32 Å². The Morgan fingerprint density at radius 2 is 1.78 bits per heavy atom. The molecule has 0 saturated carbocycles. The summed E-state index contributed by atoms with van der Waals surface area (Å²) in [5.41, 5.74) is 6.24. The topological polar surface area (TPSA) is 29.1 Å². The highest BCUT2D eigenvalue weighted by Gasteiger charge is 2.05. The summed E-state index contributed by atoms with van der Waals surface area (Å²) in [6.45, 7) is 7.00. The molecule has 1 amide bonds. The number of thioether (sulfide) groups is 1. The van der Waals surface area contributed by atoms with E-state index >= 15 is 0 Å². The average molecular weight is 327 g/mol. The summed E-state index contributed by atoms with van der Waals surface area (Å²) in [7, 11) is 0. The van der Waals surface area contributed by atoms with Gasteiger partial charge in [0.1, 0.15) is 0 Å². The molecule has 0 atom stereocenters. The highest BCUT2D eigenvalue weighted by Crippen LogP contribution is 2.15. The first kappa shape index (κ1) is 17.6. The number of nitrogens with one attached hydrogen (secondary N) is 1. The van der Waals surface area contributed by atoms with Gasteiger partial charge in [0.25, 0.3) is 0 Å². The zero-order chi connectivity index (χ0) is 16.7. The third-order valence-corrected chi connectivity index (χ3v) is 4.94. The van der Waals surface area contributed by atoms with Crippen LogP contribution >= 0.6 is 11.8 Å². The number of hydrogen-bond acceptors (Lipinski definition) is 2. The van der Waals surface area contributed by atoms with E-state index in [0.29, 0.717) is 6.42 Å². The molecule has 2 aromatic carbocycles. The summed E-state index contributed by atoms with van der Waals surface area (Å²) < 4.78 is 0. The van der Waals surface area contributed by atoms with E-state index in [9.17, 15) is 4.79 Å². The maximum atomic E-state index is 12.0. The summed E-state index contributed by atoms with van der Waals surface area (Å²) in [6.07, 6.45) is 0.467. The number of benzene rings is 2. The molecule has 2 rings (SSSR count). The van der Waals surface area contributed by atoms with Crippen molar-refractivity contribution in [1.82, 2.24) is 5.32 Å². The summed E-state index contributed by atoms with van der Waals surface area (Å²) >= 11 is 1.86. The Morgan fingerprint density at radius 3 is 2.52 bits per heavy atom. The van der Waals surface area contributed by atoms with E-state index in [4.69, 9.17) is 0 Å². The molecule has 0 aliphatic carbocycles. The van der Waals surface area contributed by atoms with Gasteiger partial charge in [0.15, 0.2) is 0 Å². The summed E-state index contributed by atoms with van der Waals surface area (Å²) in [6, 6.07) is 14.7. The first-order valence-electron chi connectivity index (χ1n) is 8.01. The minimum absolute atomic E-state index is 0.105. The third kappa shape index (κ3) is 5.76. The van der Waals surface area contributed by atoms with Gasteiger partial charge in [-0.3, -0.25) is 4.79 Å². The first-order valence-corrected chi connectivity index (χ1v) is 9.17. The number of rotatable bonds is 7. The molecule has 122 valence electrons. The van der Waals surface area contributed by atoms with Crippen LogP contribution in [0.15, 0.2) is 42.5 Å². The van der Waals surface area contributed by atoms with Gasteiger partial charge in [0.2, 0.25) is 5.91 Å². The van der Waals surface area contributed by atoms with Gasteiger partial charge < -0.3 is 5.32 Å². The average Bonchev–Trinajstić information content (AvgIpc) is 2.51. The number of hydrogen-bond donors (Lipinski definition) is 1. The Balaban J connectivity index is 1.68. The van der Waals surface area contributed by atoms with Gasteiger partial charge in [0, 0.05) is 18.1 Å². The van der Waals surface area contributed by atoms with E-state index in [2.05, 4.69) is 68.6 Å². The Morgan fingerprint density at radius 1 is 1.00 bits per heavy atom. The number of amides is 1. The van der Waals surface area contributed by atoms with Gasteiger partial charge in [-0.15, -0.1) is 0 Å². The van der Waals surface area contributed by atoms with Gasteiger partial charge in [-0.05, 0) is 43.0 Å². The minimum atomic E-state index is 0.105. The molecule has 0 heterocycles. The standard InChI is InChI=1S/C20H25NOS/c1-15-8-9-18(17(3)12-15)13-20(22)21-10-11-23-14-19-7-5-4-6-16(19)2/h4-9,12H,10-11,13-14H2,1-3H3,(H,21,22). The fraction of sp³-hybridized carbons (Fsp3) is 0.350. The lowest BCUT2D eigenvalue weighted by atomic mass is 10.0. The maximum Gasteiger partial charge on any atom is 0.224 e. The molecule has 2 aromatic rings. The quantitative estimate of drug-likeness (QED) is 0.772. The first-order chi connectivity index (χ1) is 11.1. The Labute approximate surface area is 143 Å². The number of carbonyl (C=O) groups is 1. The highest BCUT2D eigenvalue weighted by molar-refractivity contribution is 7.98. The van der Waals surface area contributed by atoms with Crippen molar-refractivity contribution in [2.75, 3.05) is 12.3 Å². The van der Waals surface area contributed by atoms with Crippen LogP contribution in [0.2, 0.25) is 0 Å². The predicted molar refractivity (Wildman–Crippen MR) is 100.0 cm³/mol. The molecule has 0 aliphatic rings. The second-order valence-electron chi connectivity index (χ2n) is 5.94. The van der Waals surface area contributed by atoms with E-state index in [-0.39, 0.29) is 5.91 Å². The molecule has 23 heavy (non-hydrogen) atoms. The van der Waals surface area contributed by atoms with Crippen LogP contribution in [-0.2, 0) is 17.0 Å². The summed E-state index contributed by atoms with van der Waals surface area (Å²) in [4.78, 5) is 12.0. The zero-order valence-electron chi connectivity index (χ0n) is 14.2. The predicted octanol–water partition coefficient (Wildman–Crippen LogP) is 4.20. The Hall–Kier alpha value is -1.74. The molecule has 0 aromatic heterocycles. The van der Waals surface area contributed by atoms with Crippen LogP contribution in [0.5, 0.6) is 0 Å². The Kier molecular flexibility index (Phi) is 6.72. The zero-order valence-corrected chi connectivity index (χ0v) is 15.0. The largest absolute Gasteiger partial charge is 0.355 e. The fourth-order valence-corrected chi connectivity index (χ4v) is 3.43. The van der Waals surface area contributed by atoms with E-state index < -0.39 is 0 Å². The lowest BCUT2D eigenvalue weighted by Crippen LogP contribution is -2.27. The minimum Gasteiger partial charge on any atom is -0.355 e. The van der Waals surface area contributed by atoms with Crippen LogP contribution in [0.25, 0.3) is 0 Å². The highest BCUT2D eigenvalue weighted by atomic mass is 32.2. The lowest BCUT2D eigenvalue weighted by molar-refractivity contribution is -0.120. The molecule has 2 nitrogen and oxygen atoms in total. The molecule has 0 bridgehead atoms. The second kappa shape index (κ2) is 8.78. The third-order valence-electron chi connectivity index (χ3n) is 3.94. The van der Waals surface area contributed by atoms with Crippen molar-refractivity contribution >= 4 is 17.7 Å². The van der Waals surface area contributed by atoms with Crippen molar-refractivity contribution in [1.29, 1.82) is 0 Å². The molecule has 0 fully saturated rings. The van der Waals surface area contributed by atoms with E-state index in [1.165, 1.54) is 22.3 Å². The van der Waals surface area contributed by atoms with Crippen molar-refractivity contribution in [3.8, 4) is 0 Å². The van der Waals surface area contributed by atoms with Crippen molar-refractivity contribution in [3.63, 3.8) is 0 Å². The van der Waals surface area contributed by atoms with Gasteiger partial charge in [-0.2, -0.15) is 11.8 Å². The second-order valence-corrected chi connectivity index (χ2v) is 7.04. The Bertz CT molecular complexity index is 666.